The van der Waals surface area contributed by atoms with Crippen LogP contribution in [-0.4, -0.2) is 5.16 Å². The Kier molecular flexibility index (Phi) is 3.60. The first-order valence-electron chi connectivity index (χ1n) is 6.74. The van der Waals surface area contributed by atoms with Gasteiger partial charge >= 0.3 is 0 Å². The van der Waals surface area contributed by atoms with Crippen molar-refractivity contribution in [3.05, 3.63) is 34.5 Å². The molecular formula is C15H17BrN2O. The fourth-order valence-electron chi connectivity index (χ4n) is 2.91. The minimum Gasteiger partial charge on any atom is -0.380 e. The van der Waals surface area contributed by atoms with E-state index in [-0.39, 0.29) is 0 Å². The zero-order valence-electron chi connectivity index (χ0n) is 10.7. The Bertz CT molecular complexity index is 573. The number of anilines is 1. The van der Waals surface area contributed by atoms with Crippen LogP contribution in [0, 0.1) is 5.92 Å². The van der Waals surface area contributed by atoms with Crippen molar-refractivity contribution in [2.75, 3.05) is 5.73 Å². The van der Waals surface area contributed by atoms with E-state index in [0.29, 0.717) is 11.7 Å². The zero-order chi connectivity index (χ0) is 13.2. The second kappa shape index (κ2) is 5.37. The summed E-state index contributed by atoms with van der Waals surface area (Å²) in [6.45, 7) is 0. The maximum Gasteiger partial charge on any atom is 0.175 e. The molecule has 1 aromatic carbocycles. The van der Waals surface area contributed by atoms with E-state index in [0.717, 1.165) is 27.8 Å². The fraction of sp³-hybridized carbons (Fsp3) is 0.400. The van der Waals surface area contributed by atoms with E-state index in [1.54, 1.807) is 0 Å². The smallest absolute Gasteiger partial charge is 0.175 e. The number of nitrogen functional groups attached to an aromatic ring is 1. The van der Waals surface area contributed by atoms with Crippen LogP contribution in [0.1, 0.15) is 31.4 Å². The van der Waals surface area contributed by atoms with Gasteiger partial charge in [0, 0.05) is 16.5 Å². The summed E-state index contributed by atoms with van der Waals surface area (Å²) < 4.78 is 6.50. The number of benzene rings is 1. The van der Waals surface area contributed by atoms with Gasteiger partial charge in [0.15, 0.2) is 5.82 Å². The molecule has 0 radical (unpaired) electrons. The van der Waals surface area contributed by atoms with Crippen molar-refractivity contribution < 1.29 is 4.52 Å². The summed E-state index contributed by atoms with van der Waals surface area (Å²) in [6, 6.07) is 8.06. The highest BCUT2D eigenvalue weighted by molar-refractivity contribution is 9.10. The summed E-state index contributed by atoms with van der Waals surface area (Å²) in [5.41, 5.74) is 8.01. The molecule has 1 fully saturated rings. The second-order valence-electron chi connectivity index (χ2n) is 5.20. The van der Waals surface area contributed by atoms with E-state index < -0.39 is 0 Å². The lowest BCUT2D eigenvalue weighted by molar-refractivity contribution is 0.362. The molecule has 0 atom stereocenters. The van der Waals surface area contributed by atoms with E-state index >= 15 is 0 Å². The predicted molar refractivity (Wildman–Crippen MR) is 79.7 cm³/mol. The largest absolute Gasteiger partial charge is 0.380 e. The van der Waals surface area contributed by atoms with Gasteiger partial charge in [-0.1, -0.05) is 65.0 Å². The Labute approximate surface area is 121 Å². The molecular weight excluding hydrogens is 304 g/mol. The molecule has 3 nitrogen and oxygen atoms in total. The number of nitrogens with zero attached hydrogens (tertiary/aromatic N) is 1. The molecule has 0 amide bonds. The van der Waals surface area contributed by atoms with E-state index in [4.69, 9.17) is 10.3 Å². The first kappa shape index (κ1) is 12.7. The normalized spacial score (nSPS) is 16.1. The first-order chi connectivity index (χ1) is 9.25. The average molecular weight is 321 g/mol. The number of aromatic nitrogens is 1. The third kappa shape index (κ3) is 2.54. The standard InChI is InChI=1S/C15H17BrN2O/c16-12-8-4-3-7-11(12)14-13(19-18-15(14)17)9-10-5-1-2-6-10/h3-4,7-8,10H,1-2,5-6,9H2,(H2,17,18). The molecule has 3 rings (SSSR count). The van der Waals surface area contributed by atoms with Crippen molar-refractivity contribution in [2.24, 2.45) is 5.92 Å². The van der Waals surface area contributed by atoms with Crippen LogP contribution in [0.4, 0.5) is 5.82 Å². The van der Waals surface area contributed by atoms with Crippen LogP contribution in [-0.2, 0) is 6.42 Å². The van der Waals surface area contributed by atoms with Crippen molar-refractivity contribution in [1.82, 2.24) is 5.16 Å². The lowest BCUT2D eigenvalue weighted by Crippen LogP contribution is -1.99. The van der Waals surface area contributed by atoms with Crippen molar-refractivity contribution in [2.45, 2.75) is 32.1 Å². The highest BCUT2D eigenvalue weighted by atomic mass is 79.9. The molecule has 0 spiro atoms. The monoisotopic (exact) mass is 320 g/mol. The van der Waals surface area contributed by atoms with Crippen LogP contribution in [0.2, 0.25) is 0 Å². The first-order valence-corrected chi connectivity index (χ1v) is 7.54. The fourth-order valence-corrected chi connectivity index (χ4v) is 3.39. The minimum absolute atomic E-state index is 0.486. The molecule has 1 aliphatic carbocycles. The number of hydrogen-bond donors (Lipinski definition) is 1. The van der Waals surface area contributed by atoms with Crippen molar-refractivity contribution in [1.29, 1.82) is 0 Å². The Hall–Kier alpha value is -1.29. The Morgan fingerprint density at radius 1 is 1.26 bits per heavy atom. The Morgan fingerprint density at radius 3 is 2.74 bits per heavy atom. The molecule has 0 bridgehead atoms. The highest BCUT2D eigenvalue weighted by Gasteiger charge is 2.23. The molecule has 100 valence electrons. The van der Waals surface area contributed by atoms with Gasteiger partial charge in [0.05, 0.1) is 5.56 Å². The second-order valence-corrected chi connectivity index (χ2v) is 6.05. The van der Waals surface area contributed by atoms with Crippen LogP contribution in [0.5, 0.6) is 0 Å². The molecule has 0 saturated heterocycles. The molecule has 0 unspecified atom stereocenters. The van der Waals surface area contributed by atoms with Gasteiger partial charge in [-0.15, -0.1) is 0 Å². The lowest BCUT2D eigenvalue weighted by atomic mass is 9.97. The van der Waals surface area contributed by atoms with Crippen molar-refractivity contribution >= 4 is 21.7 Å². The Balaban J connectivity index is 1.96. The van der Waals surface area contributed by atoms with Gasteiger partial charge in [-0.25, -0.2) is 0 Å². The molecule has 1 saturated carbocycles. The van der Waals surface area contributed by atoms with Gasteiger partial charge in [-0.2, -0.15) is 0 Å². The summed E-state index contributed by atoms with van der Waals surface area (Å²) in [6.07, 6.45) is 6.18. The van der Waals surface area contributed by atoms with Crippen LogP contribution in [0.3, 0.4) is 0 Å². The molecule has 19 heavy (non-hydrogen) atoms. The average Bonchev–Trinajstić information content (AvgIpc) is 3.02. The van der Waals surface area contributed by atoms with Crippen LogP contribution >= 0.6 is 15.9 Å². The Morgan fingerprint density at radius 2 is 2.00 bits per heavy atom. The predicted octanol–water partition coefficient (Wildman–Crippen LogP) is 4.42. The quantitative estimate of drug-likeness (QED) is 0.910. The molecule has 4 heteroatoms. The third-order valence-electron chi connectivity index (χ3n) is 3.88. The SMILES string of the molecule is Nc1noc(CC2CCCC2)c1-c1ccccc1Br. The lowest BCUT2D eigenvalue weighted by Gasteiger charge is -2.08. The summed E-state index contributed by atoms with van der Waals surface area (Å²) >= 11 is 3.57. The topological polar surface area (TPSA) is 52.0 Å². The molecule has 2 N–H and O–H groups in total. The molecule has 0 aliphatic heterocycles. The zero-order valence-corrected chi connectivity index (χ0v) is 12.3. The summed E-state index contributed by atoms with van der Waals surface area (Å²) in [5.74, 6) is 2.13. The van der Waals surface area contributed by atoms with Crippen molar-refractivity contribution in [3.8, 4) is 11.1 Å². The van der Waals surface area contributed by atoms with E-state index in [9.17, 15) is 0 Å². The minimum atomic E-state index is 0.486. The van der Waals surface area contributed by atoms with Crippen LogP contribution < -0.4 is 5.73 Å². The highest BCUT2D eigenvalue weighted by Crippen LogP contribution is 2.37. The third-order valence-corrected chi connectivity index (χ3v) is 4.57. The summed E-state index contributed by atoms with van der Waals surface area (Å²) in [7, 11) is 0. The molecule has 1 aromatic heterocycles. The number of hydrogen-bond acceptors (Lipinski definition) is 3. The maximum absolute atomic E-state index is 5.99. The molecule has 1 aliphatic rings. The molecule has 2 aromatic rings. The van der Waals surface area contributed by atoms with E-state index in [1.165, 1.54) is 25.7 Å². The van der Waals surface area contributed by atoms with Crippen LogP contribution in [0.25, 0.3) is 11.1 Å². The molecule has 1 heterocycles. The van der Waals surface area contributed by atoms with Gasteiger partial charge in [0.25, 0.3) is 0 Å². The maximum atomic E-state index is 5.99. The van der Waals surface area contributed by atoms with E-state index in [2.05, 4.69) is 21.1 Å². The number of halogens is 1. The number of nitrogens with two attached hydrogens (primary N) is 1. The summed E-state index contributed by atoms with van der Waals surface area (Å²) in [4.78, 5) is 0. The number of rotatable bonds is 3. The van der Waals surface area contributed by atoms with Gasteiger partial charge in [-0.3, -0.25) is 0 Å². The van der Waals surface area contributed by atoms with Gasteiger partial charge in [-0.05, 0) is 12.0 Å². The van der Waals surface area contributed by atoms with Gasteiger partial charge < -0.3 is 10.3 Å². The summed E-state index contributed by atoms with van der Waals surface area (Å²) in [5, 5.41) is 3.96. The van der Waals surface area contributed by atoms with Crippen LogP contribution in [0.15, 0.2) is 33.3 Å². The van der Waals surface area contributed by atoms with Gasteiger partial charge in [0.2, 0.25) is 0 Å². The van der Waals surface area contributed by atoms with Crippen molar-refractivity contribution in [3.63, 3.8) is 0 Å². The van der Waals surface area contributed by atoms with Gasteiger partial charge in [0.1, 0.15) is 5.76 Å². The van der Waals surface area contributed by atoms with E-state index in [1.807, 2.05) is 24.3 Å².